The second-order valence-electron chi connectivity index (χ2n) is 4.69. The highest BCUT2D eigenvalue weighted by Crippen LogP contribution is 2.18. The summed E-state index contributed by atoms with van der Waals surface area (Å²) >= 11 is 0. The Hall–Kier alpha value is -0.570. The highest BCUT2D eigenvalue weighted by molar-refractivity contribution is 5.66. The first-order valence-corrected chi connectivity index (χ1v) is 6.16. The number of carboxylic acids is 1. The van der Waals surface area contributed by atoms with Crippen molar-refractivity contribution in [1.82, 2.24) is 5.32 Å². The van der Waals surface area contributed by atoms with Crippen LogP contribution in [0.15, 0.2) is 0 Å². The van der Waals surface area contributed by atoms with E-state index >= 15 is 0 Å². The third-order valence-corrected chi connectivity index (χ3v) is 3.15. The van der Waals surface area contributed by atoms with E-state index in [2.05, 4.69) is 12.2 Å². The van der Waals surface area contributed by atoms with E-state index in [4.69, 9.17) is 5.11 Å². The Morgan fingerprint density at radius 3 is 2.67 bits per heavy atom. The number of hydrogen-bond donors (Lipinski definition) is 2. The molecule has 0 aromatic carbocycles. The highest BCUT2D eigenvalue weighted by atomic mass is 16.4. The van der Waals surface area contributed by atoms with Crippen LogP contribution in [0.1, 0.15) is 58.3 Å². The number of hydrogen-bond acceptors (Lipinski definition) is 2. The summed E-state index contributed by atoms with van der Waals surface area (Å²) in [5.41, 5.74) is 0. The summed E-state index contributed by atoms with van der Waals surface area (Å²) in [6.45, 7) is 2.16. The summed E-state index contributed by atoms with van der Waals surface area (Å²) in [7, 11) is 0. The normalized spacial score (nSPS) is 20.1. The lowest BCUT2D eigenvalue weighted by Gasteiger charge is -2.26. The molecule has 88 valence electrons. The topological polar surface area (TPSA) is 49.3 Å². The summed E-state index contributed by atoms with van der Waals surface area (Å²) < 4.78 is 0. The number of nitrogens with one attached hydrogen (secondary N) is 1. The van der Waals surface area contributed by atoms with E-state index in [0.717, 1.165) is 12.8 Å². The smallest absolute Gasteiger partial charge is 0.303 e. The molecule has 1 saturated carbocycles. The van der Waals surface area contributed by atoms with E-state index < -0.39 is 5.97 Å². The standard InChI is InChI=1S/C12H23NO2/c1-10(6-5-9-12(14)15)13-11-7-3-2-4-8-11/h10-11,13H,2-9H2,1H3,(H,14,15). The Balaban J connectivity index is 2.06. The van der Waals surface area contributed by atoms with E-state index in [1.807, 2.05) is 0 Å². The number of aliphatic carboxylic acids is 1. The van der Waals surface area contributed by atoms with Crippen molar-refractivity contribution in [2.45, 2.75) is 70.4 Å². The van der Waals surface area contributed by atoms with E-state index in [1.54, 1.807) is 0 Å². The van der Waals surface area contributed by atoms with Crippen molar-refractivity contribution in [3.63, 3.8) is 0 Å². The Bertz CT molecular complexity index is 188. The molecule has 0 aromatic heterocycles. The molecule has 0 amide bonds. The monoisotopic (exact) mass is 213 g/mol. The number of carboxylic acid groups (broad SMARTS) is 1. The molecule has 15 heavy (non-hydrogen) atoms. The summed E-state index contributed by atoms with van der Waals surface area (Å²) in [4.78, 5) is 10.4. The predicted octanol–water partition coefficient (Wildman–Crippen LogP) is 2.55. The van der Waals surface area contributed by atoms with Crippen molar-refractivity contribution in [3.05, 3.63) is 0 Å². The fourth-order valence-electron chi connectivity index (χ4n) is 2.31. The summed E-state index contributed by atoms with van der Waals surface area (Å²) in [5, 5.41) is 12.1. The van der Waals surface area contributed by atoms with Gasteiger partial charge in [-0.05, 0) is 32.6 Å². The summed E-state index contributed by atoms with van der Waals surface area (Å²) in [6, 6.07) is 1.14. The van der Waals surface area contributed by atoms with Crippen LogP contribution in [-0.4, -0.2) is 23.2 Å². The molecule has 0 heterocycles. The zero-order valence-corrected chi connectivity index (χ0v) is 9.67. The van der Waals surface area contributed by atoms with Crippen LogP contribution in [0, 0.1) is 0 Å². The Kier molecular flexibility index (Phi) is 5.69. The van der Waals surface area contributed by atoms with Crippen LogP contribution in [0.5, 0.6) is 0 Å². The molecular weight excluding hydrogens is 190 g/mol. The lowest BCUT2D eigenvalue weighted by atomic mass is 9.94. The lowest BCUT2D eigenvalue weighted by molar-refractivity contribution is -0.137. The van der Waals surface area contributed by atoms with Gasteiger partial charge in [-0.25, -0.2) is 0 Å². The van der Waals surface area contributed by atoms with Gasteiger partial charge in [0, 0.05) is 18.5 Å². The van der Waals surface area contributed by atoms with Gasteiger partial charge >= 0.3 is 5.97 Å². The quantitative estimate of drug-likeness (QED) is 0.713. The van der Waals surface area contributed by atoms with Gasteiger partial charge in [-0.15, -0.1) is 0 Å². The van der Waals surface area contributed by atoms with Gasteiger partial charge in [0.25, 0.3) is 0 Å². The van der Waals surface area contributed by atoms with Crippen LogP contribution in [0.3, 0.4) is 0 Å². The van der Waals surface area contributed by atoms with Gasteiger partial charge in [0.2, 0.25) is 0 Å². The maximum absolute atomic E-state index is 10.4. The van der Waals surface area contributed by atoms with Crippen molar-refractivity contribution < 1.29 is 9.90 Å². The van der Waals surface area contributed by atoms with Crippen LogP contribution in [-0.2, 0) is 4.79 Å². The van der Waals surface area contributed by atoms with Crippen LogP contribution in [0.2, 0.25) is 0 Å². The second kappa shape index (κ2) is 6.83. The minimum atomic E-state index is -0.681. The van der Waals surface area contributed by atoms with Gasteiger partial charge in [-0.3, -0.25) is 4.79 Å². The summed E-state index contributed by atoms with van der Waals surface area (Å²) in [5.74, 6) is -0.681. The molecule has 0 bridgehead atoms. The van der Waals surface area contributed by atoms with Crippen molar-refractivity contribution in [1.29, 1.82) is 0 Å². The maximum atomic E-state index is 10.4. The Labute approximate surface area is 92.3 Å². The molecular formula is C12H23NO2. The van der Waals surface area contributed by atoms with Gasteiger partial charge < -0.3 is 10.4 Å². The molecule has 2 N–H and O–H groups in total. The van der Waals surface area contributed by atoms with Crippen molar-refractivity contribution in [2.24, 2.45) is 0 Å². The molecule has 0 aromatic rings. The van der Waals surface area contributed by atoms with Crippen LogP contribution in [0.25, 0.3) is 0 Å². The maximum Gasteiger partial charge on any atom is 0.303 e. The van der Waals surface area contributed by atoms with Gasteiger partial charge in [0.1, 0.15) is 0 Å². The molecule has 1 unspecified atom stereocenters. The first-order valence-electron chi connectivity index (χ1n) is 6.16. The van der Waals surface area contributed by atoms with Crippen LogP contribution < -0.4 is 5.32 Å². The van der Waals surface area contributed by atoms with E-state index in [1.165, 1.54) is 32.1 Å². The Morgan fingerprint density at radius 2 is 2.07 bits per heavy atom. The van der Waals surface area contributed by atoms with E-state index in [-0.39, 0.29) is 0 Å². The van der Waals surface area contributed by atoms with Crippen molar-refractivity contribution >= 4 is 5.97 Å². The minimum absolute atomic E-state index is 0.302. The molecule has 0 spiro atoms. The summed E-state index contributed by atoms with van der Waals surface area (Å²) in [6.07, 6.45) is 8.73. The molecule has 1 fully saturated rings. The van der Waals surface area contributed by atoms with Crippen LogP contribution >= 0.6 is 0 Å². The molecule has 1 aliphatic rings. The molecule has 3 heteroatoms. The Morgan fingerprint density at radius 1 is 1.40 bits per heavy atom. The fourth-order valence-corrected chi connectivity index (χ4v) is 2.31. The fraction of sp³-hybridized carbons (Fsp3) is 0.917. The molecule has 1 atom stereocenters. The minimum Gasteiger partial charge on any atom is -0.481 e. The average Bonchev–Trinajstić information content (AvgIpc) is 2.18. The van der Waals surface area contributed by atoms with E-state index in [0.29, 0.717) is 18.5 Å². The molecule has 1 aliphatic carbocycles. The second-order valence-corrected chi connectivity index (χ2v) is 4.69. The zero-order chi connectivity index (χ0) is 11.1. The van der Waals surface area contributed by atoms with Crippen molar-refractivity contribution in [2.75, 3.05) is 0 Å². The SMILES string of the molecule is CC(CCCC(=O)O)NC1CCCCC1. The molecule has 0 aliphatic heterocycles. The zero-order valence-electron chi connectivity index (χ0n) is 9.67. The van der Waals surface area contributed by atoms with E-state index in [9.17, 15) is 4.79 Å². The third kappa shape index (κ3) is 5.78. The van der Waals surface area contributed by atoms with Gasteiger partial charge in [-0.1, -0.05) is 19.3 Å². The lowest BCUT2D eigenvalue weighted by Crippen LogP contribution is -2.37. The van der Waals surface area contributed by atoms with Gasteiger partial charge in [-0.2, -0.15) is 0 Å². The van der Waals surface area contributed by atoms with Crippen LogP contribution in [0.4, 0.5) is 0 Å². The number of carbonyl (C=O) groups is 1. The first-order chi connectivity index (χ1) is 7.18. The largest absolute Gasteiger partial charge is 0.481 e. The highest BCUT2D eigenvalue weighted by Gasteiger charge is 2.15. The molecule has 3 nitrogen and oxygen atoms in total. The van der Waals surface area contributed by atoms with Gasteiger partial charge in [0.15, 0.2) is 0 Å². The van der Waals surface area contributed by atoms with Gasteiger partial charge in [0.05, 0.1) is 0 Å². The third-order valence-electron chi connectivity index (χ3n) is 3.15. The average molecular weight is 213 g/mol. The predicted molar refractivity (Wildman–Crippen MR) is 61.0 cm³/mol. The molecule has 1 rings (SSSR count). The first kappa shape index (κ1) is 12.5. The molecule has 0 radical (unpaired) electrons. The van der Waals surface area contributed by atoms with Crippen molar-refractivity contribution in [3.8, 4) is 0 Å². The molecule has 0 saturated heterocycles. The number of rotatable bonds is 6.